The summed E-state index contributed by atoms with van der Waals surface area (Å²) in [7, 11) is 0. The van der Waals surface area contributed by atoms with Crippen LogP contribution >= 0.6 is 11.6 Å². The average molecular weight is 325 g/mol. The van der Waals surface area contributed by atoms with Crippen molar-refractivity contribution < 1.29 is 14.3 Å². The molecule has 0 radical (unpaired) electrons. The van der Waals surface area contributed by atoms with E-state index in [9.17, 15) is 4.79 Å². The fourth-order valence-electron chi connectivity index (χ4n) is 1.95. The Hall–Kier alpha value is -2.78. The standard InChI is InChI=1S/C19H13ClO3/c20-15-8-6-14(7-9-15)19(21)23-18-12-10-17(11-13-18)22-16-4-2-1-3-5-16/h1-13H. The molecular formula is C19H13ClO3. The lowest BCUT2D eigenvalue weighted by Crippen LogP contribution is -2.08. The minimum absolute atomic E-state index is 0.432. The zero-order chi connectivity index (χ0) is 16.1. The van der Waals surface area contributed by atoms with Crippen LogP contribution in [-0.2, 0) is 0 Å². The first-order valence-electron chi connectivity index (χ1n) is 7.01. The number of benzene rings is 3. The molecule has 3 nitrogen and oxygen atoms in total. The minimum atomic E-state index is -0.432. The lowest BCUT2D eigenvalue weighted by molar-refractivity contribution is 0.0734. The Labute approximate surface area is 139 Å². The third-order valence-electron chi connectivity index (χ3n) is 3.09. The van der Waals surface area contributed by atoms with Crippen molar-refractivity contribution >= 4 is 17.6 Å². The topological polar surface area (TPSA) is 35.5 Å². The quantitative estimate of drug-likeness (QED) is 0.479. The molecule has 0 bridgehead atoms. The van der Waals surface area contributed by atoms with Crippen LogP contribution < -0.4 is 9.47 Å². The van der Waals surface area contributed by atoms with Crippen molar-refractivity contribution in [3.8, 4) is 17.2 Å². The highest BCUT2D eigenvalue weighted by molar-refractivity contribution is 6.30. The number of ether oxygens (including phenoxy) is 2. The van der Waals surface area contributed by atoms with Crippen molar-refractivity contribution in [2.24, 2.45) is 0 Å². The van der Waals surface area contributed by atoms with Gasteiger partial charge in [-0.1, -0.05) is 29.8 Å². The molecule has 3 rings (SSSR count). The predicted octanol–water partition coefficient (Wildman–Crippen LogP) is 5.35. The molecule has 114 valence electrons. The van der Waals surface area contributed by atoms with E-state index in [1.807, 2.05) is 30.3 Å². The van der Waals surface area contributed by atoms with Crippen LogP contribution in [0.2, 0.25) is 5.02 Å². The number of carbonyl (C=O) groups excluding carboxylic acids is 1. The molecule has 0 saturated heterocycles. The Balaban J connectivity index is 1.65. The zero-order valence-electron chi connectivity index (χ0n) is 12.1. The van der Waals surface area contributed by atoms with Crippen molar-refractivity contribution in [1.29, 1.82) is 0 Å². The first-order valence-corrected chi connectivity index (χ1v) is 7.39. The molecule has 0 heterocycles. The monoisotopic (exact) mass is 324 g/mol. The lowest BCUT2D eigenvalue weighted by Gasteiger charge is -2.07. The highest BCUT2D eigenvalue weighted by Crippen LogP contribution is 2.24. The molecule has 0 aromatic heterocycles. The van der Waals surface area contributed by atoms with E-state index in [1.165, 1.54) is 0 Å². The normalized spacial score (nSPS) is 10.1. The zero-order valence-corrected chi connectivity index (χ0v) is 12.9. The Morgan fingerprint density at radius 3 is 1.91 bits per heavy atom. The molecule has 3 aromatic carbocycles. The van der Waals surface area contributed by atoms with E-state index in [0.29, 0.717) is 22.1 Å². The van der Waals surface area contributed by atoms with Crippen LogP contribution in [0.3, 0.4) is 0 Å². The molecule has 0 saturated carbocycles. The van der Waals surface area contributed by atoms with Crippen LogP contribution in [0.4, 0.5) is 0 Å². The maximum Gasteiger partial charge on any atom is 0.343 e. The Morgan fingerprint density at radius 2 is 1.26 bits per heavy atom. The predicted molar refractivity (Wildman–Crippen MR) is 89.4 cm³/mol. The summed E-state index contributed by atoms with van der Waals surface area (Å²) in [4.78, 5) is 12.0. The van der Waals surface area contributed by atoms with Gasteiger partial charge in [0, 0.05) is 5.02 Å². The van der Waals surface area contributed by atoms with Gasteiger partial charge in [-0.25, -0.2) is 4.79 Å². The van der Waals surface area contributed by atoms with Gasteiger partial charge in [-0.15, -0.1) is 0 Å². The van der Waals surface area contributed by atoms with Gasteiger partial charge in [0.15, 0.2) is 0 Å². The Bertz CT molecular complexity index is 781. The van der Waals surface area contributed by atoms with E-state index < -0.39 is 5.97 Å². The number of hydrogen-bond acceptors (Lipinski definition) is 3. The summed E-state index contributed by atoms with van der Waals surface area (Å²) in [5.41, 5.74) is 0.444. The van der Waals surface area contributed by atoms with E-state index >= 15 is 0 Å². The summed E-state index contributed by atoms with van der Waals surface area (Å²) in [5.74, 6) is 1.43. The number of rotatable bonds is 4. The Morgan fingerprint density at radius 1 is 0.696 bits per heavy atom. The second kappa shape index (κ2) is 6.99. The largest absolute Gasteiger partial charge is 0.457 e. The van der Waals surface area contributed by atoms with Crippen LogP contribution in [0.1, 0.15) is 10.4 Å². The van der Waals surface area contributed by atoms with Gasteiger partial charge in [0.25, 0.3) is 0 Å². The van der Waals surface area contributed by atoms with E-state index in [1.54, 1.807) is 48.5 Å². The molecule has 0 aliphatic carbocycles. The molecule has 4 heteroatoms. The van der Waals surface area contributed by atoms with Crippen molar-refractivity contribution in [2.75, 3.05) is 0 Å². The van der Waals surface area contributed by atoms with Crippen LogP contribution in [0.5, 0.6) is 17.2 Å². The van der Waals surface area contributed by atoms with Crippen LogP contribution in [0.15, 0.2) is 78.9 Å². The van der Waals surface area contributed by atoms with Gasteiger partial charge in [0.1, 0.15) is 17.2 Å². The SMILES string of the molecule is O=C(Oc1ccc(Oc2ccccc2)cc1)c1ccc(Cl)cc1. The molecular weight excluding hydrogens is 312 g/mol. The first kappa shape index (κ1) is 15.1. The molecule has 0 amide bonds. The van der Waals surface area contributed by atoms with E-state index in [-0.39, 0.29) is 0 Å². The summed E-state index contributed by atoms with van der Waals surface area (Å²) >= 11 is 5.79. The van der Waals surface area contributed by atoms with Gasteiger partial charge < -0.3 is 9.47 Å². The molecule has 0 aliphatic heterocycles. The fraction of sp³-hybridized carbons (Fsp3) is 0. The van der Waals surface area contributed by atoms with Gasteiger partial charge in [-0.3, -0.25) is 0 Å². The van der Waals surface area contributed by atoms with Gasteiger partial charge in [0.05, 0.1) is 5.56 Å². The first-order chi connectivity index (χ1) is 11.2. The summed E-state index contributed by atoms with van der Waals surface area (Å²) in [5, 5.41) is 0.573. The third-order valence-corrected chi connectivity index (χ3v) is 3.35. The maximum atomic E-state index is 12.0. The Kier molecular flexibility index (Phi) is 4.60. The molecule has 23 heavy (non-hydrogen) atoms. The van der Waals surface area contributed by atoms with Gasteiger partial charge >= 0.3 is 5.97 Å². The third kappa shape index (κ3) is 4.11. The highest BCUT2D eigenvalue weighted by atomic mass is 35.5. The van der Waals surface area contributed by atoms with Crippen LogP contribution in [0, 0.1) is 0 Å². The maximum absolute atomic E-state index is 12.0. The summed E-state index contributed by atoms with van der Waals surface area (Å²) in [6.45, 7) is 0. The number of esters is 1. The molecule has 0 aliphatic rings. The molecule has 0 spiro atoms. The smallest absolute Gasteiger partial charge is 0.343 e. The van der Waals surface area contributed by atoms with Gasteiger partial charge in [-0.2, -0.15) is 0 Å². The van der Waals surface area contributed by atoms with E-state index in [4.69, 9.17) is 21.1 Å². The van der Waals surface area contributed by atoms with Gasteiger partial charge in [-0.05, 0) is 60.7 Å². The number of halogens is 1. The van der Waals surface area contributed by atoms with Crippen molar-refractivity contribution in [1.82, 2.24) is 0 Å². The van der Waals surface area contributed by atoms with Crippen molar-refractivity contribution in [2.45, 2.75) is 0 Å². The number of hydrogen-bond donors (Lipinski definition) is 0. The lowest BCUT2D eigenvalue weighted by atomic mass is 10.2. The molecule has 0 fully saturated rings. The van der Waals surface area contributed by atoms with Crippen molar-refractivity contribution in [3.63, 3.8) is 0 Å². The summed E-state index contributed by atoms with van der Waals surface area (Å²) < 4.78 is 11.0. The molecule has 0 unspecified atom stereocenters. The molecule has 0 atom stereocenters. The highest BCUT2D eigenvalue weighted by Gasteiger charge is 2.08. The number of para-hydroxylation sites is 1. The average Bonchev–Trinajstić information content (AvgIpc) is 2.58. The fourth-order valence-corrected chi connectivity index (χ4v) is 2.08. The molecule has 0 N–H and O–H groups in total. The van der Waals surface area contributed by atoms with Crippen molar-refractivity contribution in [3.05, 3.63) is 89.4 Å². The van der Waals surface area contributed by atoms with Crippen LogP contribution in [-0.4, -0.2) is 5.97 Å². The number of carbonyl (C=O) groups is 1. The van der Waals surface area contributed by atoms with E-state index in [2.05, 4.69) is 0 Å². The molecule has 3 aromatic rings. The van der Waals surface area contributed by atoms with Crippen LogP contribution in [0.25, 0.3) is 0 Å². The second-order valence-electron chi connectivity index (χ2n) is 4.78. The summed E-state index contributed by atoms with van der Waals surface area (Å²) in [6.07, 6.45) is 0. The van der Waals surface area contributed by atoms with Gasteiger partial charge in [0.2, 0.25) is 0 Å². The van der Waals surface area contributed by atoms with E-state index in [0.717, 1.165) is 5.75 Å². The summed E-state index contributed by atoms with van der Waals surface area (Å²) in [6, 6.07) is 22.9. The second-order valence-corrected chi connectivity index (χ2v) is 5.22. The minimum Gasteiger partial charge on any atom is -0.457 e.